The van der Waals surface area contributed by atoms with Crippen molar-refractivity contribution in [2.45, 2.75) is 38.6 Å². The Morgan fingerprint density at radius 2 is 1.95 bits per heavy atom. The second-order valence-electron chi connectivity index (χ2n) is 5.36. The van der Waals surface area contributed by atoms with Crippen LogP contribution >= 0.6 is 0 Å². The van der Waals surface area contributed by atoms with Crippen LogP contribution in [0.25, 0.3) is 0 Å². The molecule has 1 aliphatic carbocycles. The van der Waals surface area contributed by atoms with Crippen LogP contribution in [-0.4, -0.2) is 20.9 Å². The Bertz CT molecular complexity index is 624. The van der Waals surface area contributed by atoms with Crippen LogP contribution in [-0.2, 0) is 13.0 Å². The number of carbonyl (C=O) groups is 1. The Morgan fingerprint density at radius 3 is 2.50 bits per heavy atom. The standard InChI is InChI=1S/C16H18N2O2/c1-2-11-3-5-12(6-4-11)10-18-15(16(19)20)9-14(17-18)13-7-8-13/h3-6,9,13H,2,7-8,10H2,1H3,(H,19,20). The van der Waals surface area contributed by atoms with Gasteiger partial charge in [0.05, 0.1) is 12.2 Å². The van der Waals surface area contributed by atoms with Crippen LogP contribution in [0.4, 0.5) is 0 Å². The summed E-state index contributed by atoms with van der Waals surface area (Å²) >= 11 is 0. The Labute approximate surface area is 118 Å². The summed E-state index contributed by atoms with van der Waals surface area (Å²) in [6.07, 6.45) is 3.26. The fourth-order valence-corrected chi connectivity index (χ4v) is 2.36. The zero-order valence-electron chi connectivity index (χ0n) is 11.5. The maximum atomic E-state index is 11.3. The van der Waals surface area contributed by atoms with Crippen molar-refractivity contribution < 1.29 is 9.90 Å². The van der Waals surface area contributed by atoms with Crippen LogP contribution < -0.4 is 0 Å². The molecule has 0 amide bonds. The van der Waals surface area contributed by atoms with Gasteiger partial charge in [-0.1, -0.05) is 31.2 Å². The lowest BCUT2D eigenvalue weighted by molar-refractivity contribution is 0.0684. The van der Waals surface area contributed by atoms with Crippen molar-refractivity contribution in [1.82, 2.24) is 9.78 Å². The van der Waals surface area contributed by atoms with E-state index in [1.165, 1.54) is 5.56 Å². The predicted octanol–water partition coefficient (Wildman–Crippen LogP) is 3.07. The van der Waals surface area contributed by atoms with Gasteiger partial charge in [0.25, 0.3) is 0 Å². The van der Waals surface area contributed by atoms with E-state index in [2.05, 4.69) is 24.2 Å². The maximum absolute atomic E-state index is 11.3. The number of hydrogen-bond acceptors (Lipinski definition) is 2. The molecule has 0 aliphatic heterocycles. The molecule has 0 unspecified atom stereocenters. The SMILES string of the molecule is CCc1ccc(Cn2nc(C3CC3)cc2C(=O)O)cc1. The van der Waals surface area contributed by atoms with Gasteiger partial charge >= 0.3 is 5.97 Å². The molecule has 0 atom stereocenters. The molecule has 2 aromatic rings. The summed E-state index contributed by atoms with van der Waals surface area (Å²) in [5.74, 6) is -0.439. The van der Waals surface area contributed by atoms with Crippen molar-refractivity contribution in [1.29, 1.82) is 0 Å². The number of aryl methyl sites for hydroxylation is 1. The summed E-state index contributed by atoms with van der Waals surface area (Å²) in [4.78, 5) is 11.3. The molecule has 0 saturated heterocycles. The van der Waals surface area contributed by atoms with E-state index < -0.39 is 5.97 Å². The molecule has 1 aromatic heterocycles. The minimum atomic E-state index is -0.908. The van der Waals surface area contributed by atoms with Gasteiger partial charge in [-0.2, -0.15) is 5.10 Å². The van der Waals surface area contributed by atoms with Gasteiger partial charge in [-0.05, 0) is 36.5 Å². The highest BCUT2D eigenvalue weighted by Crippen LogP contribution is 2.39. The fourth-order valence-electron chi connectivity index (χ4n) is 2.36. The van der Waals surface area contributed by atoms with E-state index in [9.17, 15) is 9.90 Å². The molecule has 0 spiro atoms. The molecule has 104 valence electrons. The number of nitrogens with zero attached hydrogens (tertiary/aromatic N) is 2. The molecule has 0 bridgehead atoms. The van der Waals surface area contributed by atoms with E-state index in [1.807, 2.05) is 12.1 Å². The van der Waals surface area contributed by atoms with Crippen LogP contribution in [0.15, 0.2) is 30.3 Å². The summed E-state index contributed by atoms with van der Waals surface area (Å²) < 4.78 is 1.61. The third-order valence-electron chi connectivity index (χ3n) is 3.78. The van der Waals surface area contributed by atoms with Crippen molar-refractivity contribution in [3.8, 4) is 0 Å². The van der Waals surface area contributed by atoms with Crippen molar-refractivity contribution >= 4 is 5.97 Å². The van der Waals surface area contributed by atoms with Crippen LogP contribution in [0, 0.1) is 0 Å². The first kappa shape index (κ1) is 12.9. The molecule has 1 aromatic carbocycles. The minimum absolute atomic E-state index is 0.284. The van der Waals surface area contributed by atoms with Crippen molar-refractivity contribution in [2.24, 2.45) is 0 Å². The van der Waals surface area contributed by atoms with E-state index in [1.54, 1.807) is 10.7 Å². The van der Waals surface area contributed by atoms with Gasteiger partial charge in [0.1, 0.15) is 5.69 Å². The molecule has 1 N–H and O–H groups in total. The number of aromatic carboxylic acids is 1. The zero-order chi connectivity index (χ0) is 14.1. The summed E-state index contributed by atoms with van der Waals surface area (Å²) in [6.45, 7) is 2.63. The van der Waals surface area contributed by atoms with Gasteiger partial charge in [-0.15, -0.1) is 0 Å². The molecule has 1 heterocycles. The first-order valence-corrected chi connectivity index (χ1v) is 7.06. The number of aromatic nitrogens is 2. The summed E-state index contributed by atoms with van der Waals surface area (Å²) in [6, 6.07) is 9.98. The fraction of sp³-hybridized carbons (Fsp3) is 0.375. The minimum Gasteiger partial charge on any atom is -0.477 e. The first-order chi connectivity index (χ1) is 9.67. The molecule has 1 saturated carbocycles. The number of carboxylic acid groups (broad SMARTS) is 1. The average Bonchev–Trinajstić information content (AvgIpc) is 3.21. The normalized spacial score (nSPS) is 14.4. The summed E-state index contributed by atoms with van der Waals surface area (Å²) in [5.41, 5.74) is 3.57. The summed E-state index contributed by atoms with van der Waals surface area (Å²) in [5, 5.41) is 13.7. The van der Waals surface area contributed by atoms with Gasteiger partial charge in [-0.25, -0.2) is 4.79 Å². The van der Waals surface area contributed by atoms with Gasteiger partial charge in [-0.3, -0.25) is 4.68 Å². The Hall–Kier alpha value is -2.10. The van der Waals surface area contributed by atoms with E-state index in [0.717, 1.165) is 30.5 Å². The van der Waals surface area contributed by atoms with E-state index >= 15 is 0 Å². The first-order valence-electron chi connectivity index (χ1n) is 7.06. The van der Waals surface area contributed by atoms with Gasteiger partial charge in [0, 0.05) is 5.92 Å². The van der Waals surface area contributed by atoms with Crippen molar-refractivity contribution in [2.75, 3.05) is 0 Å². The highest BCUT2D eigenvalue weighted by atomic mass is 16.4. The Morgan fingerprint density at radius 1 is 1.30 bits per heavy atom. The molecule has 20 heavy (non-hydrogen) atoms. The van der Waals surface area contributed by atoms with Gasteiger partial charge < -0.3 is 5.11 Å². The molecule has 0 radical (unpaired) electrons. The quantitative estimate of drug-likeness (QED) is 0.908. The topological polar surface area (TPSA) is 55.1 Å². The molecule has 1 aliphatic rings. The maximum Gasteiger partial charge on any atom is 0.354 e. The van der Waals surface area contributed by atoms with Crippen LogP contribution in [0.3, 0.4) is 0 Å². The largest absolute Gasteiger partial charge is 0.477 e. The zero-order valence-corrected chi connectivity index (χ0v) is 11.5. The molecular weight excluding hydrogens is 252 g/mol. The van der Waals surface area contributed by atoms with Crippen molar-refractivity contribution in [3.63, 3.8) is 0 Å². The molecule has 3 rings (SSSR count). The molecule has 4 nitrogen and oxygen atoms in total. The lowest BCUT2D eigenvalue weighted by atomic mass is 10.1. The van der Waals surface area contributed by atoms with Crippen LogP contribution in [0.2, 0.25) is 0 Å². The smallest absolute Gasteiger partial charge is 0.354 e. The van der Waals surface area contributed by atoms with Crippen LogP contribution in [0.1, 0.15) is 53.0 Å². The number of hydrogen-bond donors (Lipinski definition) is 1. The number of benzene rings is 1. The third-order valence-corrected chi connectivity index (χ3v) is 3.78. The van der Waals surface area contributed by atoms with Gasteiger partial charge in [0.2, 0.25) is 0 Å². The highest BCUT2D eigenvalue weighted by molar-refractivity contribution is 5.85. The van der Waals surface area contributed by atoms with E-state index in [4.69, 9.17) is 0 Å². The molecule has 4 heteroatoms. The average molecular weight is 270 g/mol. The van der Waals surface area contributed by atoms with Gasteiger partial charge in [0.15, 0.2) is 0 Å². The molecule has 1 fully saturated rings. The molecular formula is C16H18N2O2. The monoisotopic (exact) mass is 270 g/mol. The number of carboxylic acids is 1. The lowest BCUT2D eigenvalue weighted by Gasteiger charge is -2.05. The lowest BCUT2D eigenvalue weighted by Crippen LogP contribution is -2.11. The second kappa shape index (κ2) is 5.12. The summed E-state index contributed by atoms with van der Waals surface area (Å²) in [7, 11) is 0. The number of rotatable bonds is 5. The van der Waals surface area contributed by atoms with Crippen molar-refractivity contribution in [3.05, 3.63) is 52.8 Å². The van der Waals surface area contributed by atoms with Crippen LogP contribution in [0.5, 0.6) is 0 Å². The Kier molecular flexibility index (Phi) is 3.30. The Balaban J connectivity index is 1.86. The third kappa shape index (κ3) is 2.59. The highest BCUT2D eigenvalue weighted by Gasteiger charge is 2.28. The van der Waals surface area contributed by atoms with E-state index in [0.29, 0.717) is 12.5 Å². The van der Waals surface area contributed by atoms with E-state index in [-0.39, 0.29) is 5.69 Å². The predicted molar refractivity (Wildman–Crippen MR) is 76.1 cm³/mol. The second-order valence-corrected chi connectivity index (χ2v) is 5.36.